The summed E-state index contributed by atoms with van der Waals surface area (Å²) in [6.45, 7) is 0.479. The van der Waals surface area contributed by atoms with Crippen LogP contribution in [0.3, 0.4) is 0 Å². The molecule has 0 spiro atoms. The number of nitrogens with zero attached hydrogens (tertiary/aromatic N) is 2. The largest absolute Gasteiger partial charge is 0.486 e. The molecule has 4 rings (SSSR count). The van der Waals surface area contributed by atoms with E-state index in [0.717, 1.165) is 5.56 Å². The Morgan fingerprint density at radius 1 is 0.971 bits per heavy atom. The smallest absolute Gasteiger partial charge is 0.256 e. The quantitative estimate of drug-likeness (QED) is 0.265. The minimum atomic E-state index is -0.408. The zero-order valence-corrected chi connectivity index (χ0v) is 20.4. The van der Waals surface area contributed by atoms with Gasteiger partial charge in [0, 0.05) is 27.9 Å². The van der Waals surface area contributed by atoms with Crippen molar-refractivity contribution in [3.8, 4) is 5.75 Å². The number of hydrogen-bond acceptors (Lipinski definition) is 3. The van der Waals surface area contributed by atoms with E-state index in [4.69, 9.17) is 51.1 Å². The molecule has 1 N–H and O–H groups in total. The first-order chi connectivity index (χ1) is 16.3. The van der Waals surface area contributed by atoms with E-state index >= 15 is 0 Å². The van der Waals surface area contributed by atoms with Gasteiger partial charge in [-0.05, 0) is 47.5 Å². The Bertz CT molecular complexity index is 1340. The summed E-state index contributed by atoms with van der Waals surface area (Å²) in [5, 5.41) is 8.38. The number of halogens is 5. The predicted octanol–water partition coefficient (Wildman–Crippen LogP) is 7.52. The Labute approximate surface area is 215 Å². The van der Waals surface area contributed by atoms with Crippen LogP contribution in [0, 0.1) is 5.82 Å². The molecule has 0 radical (unpaired) electrons. The number of amides is 1. The first-order valence-electron chi connectivity index (χ1n) is 9.93. The number of anilines is 1. The first kappa shape index (κ1) is 24.4. The lowest BCUT2D eigenvalue weighted by atomic mass is 10.1. The summed E-state index contributed by atoms with van der Waals surface area (Å²) in [6, 6.07) is 15.8. The third kappa shape index (κ3) is 6.02. The number of ether oxygens (including phenoxy) is 1. The van der Waals surface area contributed by atoms with Crippen molar-refractivity contribution in [3.63, 3.8) is 0 Å². The SMILES string of the molecule is O=C(Nc1ccn(Cc2ccc(F)cc2Cl)n1)c1cccc(COc2c(Cl)cc(Cl)cc2Cl)c1. The number of carbonyl (C=O) groups is 1. The molecule has 0 aliphatic carbocycles. The lowest BCUT2D eigenvalue weighted by Gasteiger charge is -2.11. The van der Waals surface area contributed by atoms with Crippen LogP contribution in [0.25, 0.3) is 0 Å². The van der Waals surface area contributed by atoms with E-state index in [1.54, 1.807) is 41.2 Å². The molecule has 0 unspecified atom stereocenters. The van der Waals surface area contributed by atoms with Gasteiger partial charge in [-0.2, -0.15) is 5.10 Å². The number of carbonyl (C=O) groups excluding carboxylic acids is 1. The Morgan fingerprint density at radius 3 is 2.47 bits per heavy atom. The fourth-order valence-electron chi connectivity index (χ4n) is 3.15. The molecule has 10 heteroatoms. The van der Waals surface area contributed by atoms with Gasteiger partial charge in [-0.15, -0.1) is 0 Å². The van der Waals surface area contributed by atoms with E-state index in [-0.39, 0.29) is 12.5 Å². The van der Waals surface area contributed by atoms with Gasteiger partial charge in [-0.1, -0.05) is 64.6 Å². The molecule has 0 saturated carbocycles. The van der Waals surface area contributed by atoms with Gasteiger partial charge in [0.05, 0.1) is 16.6 Å². The molecule has 1 amide bonds. The fourth-order valence-corrected chi connectivity index (χ4v) is 4.31. The zero-order chi connectivity index (χ0) is 24.2. The normalized spacial score (nSPS) is 10.9. The van der Waals surface area contributed by atoms with Gasteiger partial charge < -0.3 is 10.1 Å². The molecule has 0 aliphatic heterocycles. The lowest BCUT2D eigenvalue weighted by Crippen LogP contribution is -2.13. The monoisotopic (exact) mass is 537 g/mol. The highest BCUT2D eigenvalue weighted by Gasteiger charge is 2.12. The number of nitrogens with one attached hydrogen (secondary N) is 1. The van der Waals surface area contributed by atoms with Crippen molar-refractivity contribution < 1.29 is 13.9 Å². The van der Waals surface area contributed by atoms with Crippen LogP contribution in [0.4, 0.5) is 10.2 Å². The fraction of sp³-hybridized carbons (Fsp3) is 0.0833. The Hall–Kier alpha value is -2.77. The highest BCUT2D eigenvalue weighted by atomic mass is 35.5. The highest BCUT2D eigenvalue weighted by Crippen LogP contribution is 2.36. The molecule has 4 aromatic rings. The zero-order valence-electron chi connectivity index (χ0n) is 17.4. The van der Waals surface area contributed by atoms with Gasteiger partial charge >= 0.3 is 0 Å². The Balaban J connectivity index is 1.40. The van der Waals surface area contributed by atoms with Gasteiger partial charge in [0.15, 0.2) is 11.6 Å². The van der Waals surface area contributed by atoms with E-state index in [1.807, 2.05) is 6.07 Å². The molecule has 0 atom stereocenters. The second-order valence-electron chi connectivity index (χ2n) is 7.28. The van der Waals surface area contributed by atoms with Gasteiger partial charge in [-0.25, -0.2) is 4.39 Å². The van der Waals surface area contributed by atoms with Gasteiger partial charge in [0.2, 0.25) is 0 Å². The minimum absolute atomic E-state index is 0.148. The van der Waals surface area contributed by atoms with Crippen LogP contribution >= 0.6 is 46.4 Å². The summed E-state index contributed by atoms with van der Waals surface area (Å²) in [5.41, 5.74) is 1.87. The van der Waals surface area contributed by atoms with Crippen molar-refractivity contribution >= 4 is 58.1 Å². The summed E-state index contributed by atoms with van der Waals surface area (Å²) >= 11 is 24.3. The van der Waals surface area contributed by atoms with Crippen molar-refractivity contribution in [3.05, 3.63) is 109 Å². The lowest BCUT2D eigenvalue weighted by molar-refractivity contribution is 0.102. The topological polar surface area (TPSA) is 56.2 Å². The number of aromatic nitrogens is 2. The minimum Gasteiger partial charge on any atom is -0.486 e. The van der Waals surface area contributed by atoms with E-state index < -0.39 is 5.82 Å². The van der Waals surface area contributed by atoms with Gasteiger partial charge in [0.1, 0.15) is 12.4 Å². The molecule has 0 bridgehead atoms. The van der Waals surface area contributed by atoms with Crippen molar-refractivity contribution in [2.24, 2.45) is 0 Å². The van der Waals surface area contributed by atoms with Crippen LogP contribution < -0.4 is 10.1 Å². The van der Waals surface area contributed by atoms with E-state index in [9.17, 15) is 9.18 Å². The van der Waals surface area contributed by atoms with E-state index in [1.165, 1.54) is 24.3 Å². The molecular weight excluding hydrogens is 523 g/mol. The summed E-state index contributed by atoms with van der Waals surface area (Å²) < 4.78 is 20.6. The summed E-state index contributed by atoms with van der Waals surface area (Å²) in [6.07, 6.45) is 1.69. The van der Waals surface area contributed by atoms with Crippen LogP contribution in [0.15, 0.2) is 66.9 Å². The standard InChI is InChI=1S/C24H16Cl4FN3O2/c25-17-9-20(27)23(21(28)10-17)34-13-14-2-1-3-15(8-14)24(33)30-22-6-7-32(31-22)12-16-4-5-18(29)11-19(16)26/h1-11H,12-13H2,(H,30,31,33). The van der Waals surface area contributed by atoms with Crippen LogP contribution in [-0.4, -0.2) is 15.7 Å². The molecular formula is C24H16Cl4FN3O2. The van der Waals surface area contributed by atoms with Gasteiger partial charge in [-0.3, -0.25) is 9.48 Å². The average molecular weight is 539 g/mol. The molecule has 0 saturated heterocycles. The Kier molecular flexibility index (Phi) is 7.63. The second-order valence-corrected chi connectivity index (χ2v) is 8.93. The number of hydrogen-bond donors (Lipinski definition) is 1. The number of benzene rings is 3. The van der Waals surface area contributed by atoms with E-state index in [0.29, 0.717) is 49.3 Å². The van der Waals surface area contributed by atoms with Crippen molar-refractivity contribution in [2.45, 2.75) is 13.2 Å². The van der Waals surface area contributed by atoms with Crippen molar-refractivity contribution in [2.75, 3.05) is 5.32 Å². The molecule has 5 nitrogen and oxygen atoms in total. The molecule has 174 valence electrons. The summed E-state index contributed by atoms with van der Waals surface area (Å²) in [7, 11) is 0. The van der Waals surface area contributed by atoms with Crippen LogP contribution in [-0.2, 0) is 13.2 Å². The van der Waals surface area contributed by atoms with E-state index in [2.05, 4.69) is 10.4 Å². The van der Waals surface area contributed by atoms with Crippen LogP contribution in [0.1, 0.15) is 21.5 Å². The Morgan fingerprint density at radius 2 is 1.74 bits per heavy atom. The molecule has 1 heterocycles. The van der Waals surface area contributed by atoms with Gasteiger partial charge in [0.25, 0.3) is 5.91 Å². The van der Waals surface area contributed by atoms with Crippen LogP contribution in [0.2, 0.25) is 20.1 Å². The molecule has 34 heavy (non-hydrogen) atoms. The predicted molar refractivity (Wildman–Crippen MR) is 133 cm³/mol. The third-order valence-corrected chi connectivity index (χ3v) is 5.90. The van der Waals surface area contributed by atoms with Crippen molar-refractivity contribution in [1.29, 1.82) is 0 Å². The molecule has 0 aliphatic rings. The third-order valence-electron chi connectivity index (χ3n) is 4.77. The van der Waals surface area contributed by atoms with Crippen LogP contribution in [0.5, 0.6) is 5.75 Å². The first-order valence-corrected chi connectivity index (χ1v) is 11.4. The maximum Gasteiger partial charge on any atom is 0.256 e. The maximum atomic E-state index is 13.2. The summed E-state index contributed by atoms with van der Waals surface area (Å²) in [5.74, 6) is -0.0670. The molecule has 3 aromatic carbocycles. The molecule has 1 aromatic heterocycles. The van der Waals surface area contributed by atoms with Crippen molar-refractivity contribution in [1.82, 2.24) is 9.78 Å². The molecule has 0 fully saturated rings. The number of rotatable bonds is 7. The maximum absolute atomic E-state index is 13.2. The average Bonchev–Trinajstić information content (AvgIpc) is 3.22. The summed E-state index contributed by atoms with van der Waals surface area (Å²) in [4.78, 5) is 12.7. The second kappa shape index (κ2) is 10.7. The highest BCUT2D eigenvalue weighted by molar-refractivity contribution is 6.40.